The van der Waals surface area contributed by atoms with Gasteiger partial charge in [0, 0.05) is 25.7 Å². The molecule has 7 heteroatoms. The van der Waals surface area contributed by atoms with Gasteiger partial charge in [0.25, 0.3) is 5.91 Å². The number of carboxylic acids is 1. The van der Waals surface area contributed by atoms with E-state index in [0.717, 1.165) is 11.0 Å². The van der Waals surface area contributed by atoms with Crippen LogP contribution in [0.4, 0.5) is 10.1 Å². The molecule has 0 aliphatic carbocycles. The van der Waals surface area contributed by atoms with Gasteiger partial charge in [0.15, 0.2) is 0 Å². The number of carbonyl (C=O) groups excluding carboxylic acids is 1. The van der Waals surface area contributed by atoms with E-state index >= 15 is 0 Å². The Morgan fingerprint density at radius 2 is 2.05 bits per heavy atom. The van der Waals surface area contributed by atoms with Crippen molar-refractivity contribution in [1.29, 1.82) is 0 Å². The van der Waals surface area contributed by atoms with Gasteiger partial charge in [-0.3, -0.25) is 9.59 Å². The molecule has 1 aromatic carbocycles. The van der Waals surface area contributed by atoms with Crippen molar-refractivity contribution in [3.05, 3.63) is 29.6 Å². The quantitative estimate of drug-likeness (QED) is 0.891. The summed E-state index contributed by atoms with van der Waals surface area (Å²) in [4.78, 5) is 25.5. The fourth-order valence-corrected chi connectivity index (χ4v) is 2.20. The van der Waals surface area contributed by atoms with E-state index in [-0.39, 0.29) is 5.56 Å². The summed E-state index contributed by atoms with van der Waals surface area (Å²) in [6.07, 6.45) is 0. The number of hydrogen-bond donors (Lipinski definition) is 1. The van der Waals surface area contributed by atoms with Gasteiger partial charge in [0.1, 0.15) is 12.4 Å². The van der Waals surface area contributed by atoms with Crippen LogP contribution in [0.5, 0.6) is 0 Å². The molecule has 1 fully saturated rings. The number of halogens is 1. The molecule has 114 valence electrons. The van der Waals surface area contributed by atoms with E-state index in [1.165, 1.54) is 13.1 Å². The number of benzene rings is 1. The Balaban J connectivity index is 2.14. The minimum absolute atomic E-state index is 0.133. The molecule has 1 aromatic rings. The summed E-state index contributed by atoms with van der Waals surface area (Å²) in [6.45, 7) is 1.86. The third kappa shape index (κ3) is 3.69. The predicted molar refractivity (Wildman–Crippen MR) is 74.0 cm³/mol. The summed E-state index contributed by atoms with van der Waals surface area (Å²) in [5, 5.41) is 8.66. The Morgan fingerprint density at radius 1 is 1.38 bits per heavy atom. The zero-order valence-corrected chi connectivity index (χ0v) is 11.7. The highest BCUT2D eigenvalue weighted by atomic mass is 19.1. The fourth-order valence-electron chi connectivity index (χ4n) is 2.20. The number of morpholine rings is 1. The van der Waals surface area contributed by atoms with Crippen LogP contribution in [0.2, 0.25) is 0 Å². The molecule has 2 rings (SSSR count). The molecule has 0 aromatic heterocycles. The van der Waals surface area contributed by atoms with Crippen molar-refractivity contribution in [2.24, 2.45) is 0 Å². The van der Waals surface area contributed by atoms with Crippen molar-refractivity contribution in [3.63, 3.8) is 0 Å². The number of likely N-dealkylation sites (N-methyl/N-ethyl adjacent to an activating group) is 1. The van der Waals surface area contributed by atoms with E-state index < -0.39 is 24.2 Å². The zero-order chi connectivity index (χ0) is 15.4. The van der Waals surface area contributed by atoms with Crippen LogP contribution in [-0.2, 0) is 9.53 Å². The van der Waals surface area contributed by atoms with E-state index in [2.05, 4.69) is 0 Å². The first-order valence-corrected chi connectivity index (χ1v) is 6.58. The number of anilines is 1. The molecule has 1 saturated heterocycles. The molecule has 0 saturated carbocycles. The minimum Gasteiger partial charge on any atom is -0.480 e. The number of carbonyl (C=O) groups is 2. The molecular weight excluding hydrogens is 279 g/mol. The highest BCUT2D eigenvalue weighted by molar-refractivity contribution is 5.96. The average Bonchev–Trinajstić information content (AvgIpc) is 2.46. The second kappa shape index (κ2) is 6.53. The number of carboxylic acid groups (broad SMARTS) is 1. The molecule has 0 unspecified atom stereocenters. The molecule has 0 atom stereocenters. The molecule has 0 bridgehead atoms. The Labute approximate surface area is 121 Å². The topological polar surface area (TPSA) is 70.1 Å². The Bertz CT molecular complexity index is 544. The number of nitrogens with zero attached hydrogens (tertiary/aromatic N) is 2. The molecular formula is C14H17FN2O4. The predicted octanol–water partition coefficient (Wildman–Crippen LogP) is 0.819. The van der Waals surface area contributed by atoms with Crippen LogP contribution < -0.4 is 4.90 Å². The summed E-state index contributed by atoms with van der Waals surface area (Å²) >= 11 is 0. The standard InChI is InChI=1S/C14H17FN2O4/c1-16(9-13(18)19)14(20)10-2-3-12(11(15)8-10)17-4-6-21-7-5-17/h2-3,8H,4-7,9H2,1H3,(H,18,19). The highest BCUT2D eigenvalue weighted by Gasteiger charge is 2.19. The Hall–Kier alpha value is -2.15. The summed E-state index contributed by atoms with van der Waals surface area (Å²) in [5.41, 5.74) is 0.559. The molecule has 1 amide bonds. The van der Waals surface area contributed by atoms with Crippen molar-refractivity contribution in [2.45, 2.75) is 0 Å². The average molecular weight is 296 g/mol. The van der Waals surface area contributed by atoms with E-state index in [0.29, 0.717) is 32.0 Å². The summed E-state index contributed by atoms with van der Waals surface area (Å²) in [5.74, 6) is -2.13. The van der Waals surface area contributed by atoms with Crippen molar-refractivity contribution in [2.75, 3.05) is 44.8 Å². The second-order valence-electron chi connectivity index (χ2n) is 4.82. The van der Waals surface area contributed by atoms with Gasteiger partial charge in [-0.2, -0.15) is 0 Å². The molecule has 1 aliphatic heterocycles. The van der Waals surface area contributed by atoms with Gasteiger partial charge in [-0.25, -0.2) is 4.39 Å². The lowest BCUT2D eigenvalue weighted by Crippen LogP contribution is -2.37. The molecule has 1 heterocycles. The maximum absolute atomic E-state index is 14.2. The lowest BCUT2D eigenvalue weighted by Gasteiger charge is -2.29. The molecule has 0 spiro atoms. The zero-order valence-electron chi connectivity index (χ0n) is 11.7. The first-order valence-electron chi connectivity index (χ1n) is 6.58. The molecule has 6 nitrogen and oxygen atoms in total. The lowest BCUT2D eigenvalue weighted by molar-refractivity contribution is -0.137. The number of aliphatic carboxylic acids is 1. The number of hydrogen-bond acceptors (Lipinski definition) is 4. The van der Waals surface area contributed by atoms with Crippen LogP contribution in [0.1, 0.15) is 10.4 Å². The van der Waals surface area contributed by atoms with Crippen LogP contribution >= 0.6 is 0 Å². The van der Waals surface area contributed by atoms with E-state index in [4.69, 9.17) is 9.84 Å². The first kappa shape index (κ1) is 15.2. The highest BCUT2D eigenvalue weighted by Crippen LogP contribution is 2.22. The third-order valence-electron chi connectivity index (χ3n) is 3.27. The first-order chi connectivity index (χ1) is 9.99. The van der Waals surface area contributed by atoms with Gasteiger partial charge in [0.2, 0.25) is 0 Å². The van der Waals surface area contributed by atoms with Crippen molar-refractivity contribution in [3.8, 4) is 0 Å². The maximum atomic E-state index is 14.2. The van der Waals surface area contributed by atoms with Gasteiger partial charge in [-0.15, -0.1) is 0 Å². The SMILES string of the molecule is CN(CC(=O)O)C(=O)c1ccc(N2CCOCC2)c(F)c1. The number of ether oxygens (including phenoxy) is 1. The normalized spacial score (nSPS) is 14.9. The maximum Gasteiger partial charge on any atom is 0.323 e. The summed E-state index contributed by atoms with van der Waals surface area (Å²) in [6, 6.07) is 4.20. The second-order valence-corrected chi connectivity index (χ2v) is 4.82. The third-order valence-corrected chi connectivity index (χ3v) is 3.27. The Morgan fingerprint density at radius 3 is 2.62 bits per heavy atom. The van der Waals surface area contributed by atoms with Gasteiger partial charge < -0.3 is 19.6 Å². The monoisotopic (exact) mass is 296 g/mol. The van der Waals surface area contributed by atoms with Crippen molar-refractivity contribution < 1.29 is 23.8 Å². The number of rotatable bonds is 4. The van der Waals surface area contributed by atoms with E-state index in [9.17, 15) is 14.0 Å². The molecule has 21 heavy (non-hydrogen) atoms. The molecule has 1 N–H and O–H groups in total. The number of amides is 1. The van der Waals surface area contributed by atoms with Gasteiger partial charge in [0.05, 0.1) is 18.9 Å². The van der Waals surface area contributed by atoms with E-state index in [1.807, 2.05) is 4.90 Å². The van der Waals surface area contributed by atoms with Gasteiger partial charge in [-0.05, 0) is 18.2 Å². The summed E-state index contributed by atoms with van der Waals surface area (Å²) in [7, 11) is 1.37. The molecule has 0 radical (unpaired) electrons. The smallest absolute Gasteiger partial charge is 0.323 e. The van der Waals surface area contributed by atoms with Crippen LogP contribution in [-0.4, -0.2) is 61.8 Å². The summed E-state index contributed by atoms with van der Waals surface area (Å²) < 4.78 is 19.4. The lowest BCUT2D eigenvalue weighted by atomic mass is 10.1. The van der Waals surface area contributed by atoms with Crippen LogP contribution in [0.15, 0.2) is 18.2 Å². The van der Waals surface area contributed by atoms with Crippen molar-refractivity contribution >= 4 is 17.6 Å². The minimum atomic E-state index is -1.11. The largest absolute Gasteiger partial charge is 0.480 e. The van der Waals surface area contributed by atoms with Crippen LogP contribution in [0.3, 0.4) is 0 Å². The molecule has 1 aliphatic rings. The van der Waals surface area contributed by atoms with E-state index in [1.54, 1.807) is 6.07 Å². The van der Waals surface area contributed by atoms with Crippen LogP contribution in [0.25, 0.3) is 0 Å². The van der Waals surface area contributed by atoms with Crippen LogP contribution in [0, 0.1) is 5.82 Å². The fraction of sp³-hybridized carbons (Fsp3) is 0.429. The van der Waals surface area contributed by atoms with Gasteiger partial charge in [-0.1, -0.05) is 0 Å². The van der Waals surface area contributed by atoms with Gasteiger partial charge >= 0.3 is 5.97 Å². The Kier molecular flexibility index (Phi) is 4.74. The van der Waals surface area contributed by atoms with Crippen molar-refractivity contribution in [1.82, 2.24) is 4.90 Å².